The molecule has 5 heteroatoms. The smallest absolute Gasteiger partial charge is 0.142 e. The van der Waals surface area contributed by atoms with E-state index in [4.69, 9.17) is 0 Å². The van der Waals surface area contributed by atoms with Crippen LogP contribution in [0.1, 0.15) is 5.56 Å². The van der Waals surface area contributed by atoms with E-state index in [1.165, 1.54) is 0 Å². The SMILES string of the molecule is N#C/C(=C\c1ccc(N(c2ccccc2)c2ccccc2)cc1)n1cc(Br)cn1. The van der Waals surface area contributed by atoms with Crippen LogP contribution in [-0.4, -0.2) is 9.78 Å². The van der Waals surface area contributed by atoms with E-state index in [2.05, 4.69) is 68.4 Å². The van der Waals surface area contributed by atoms with Crippen molar-refractivity contribution in [3.8, 4) is 6.07 Å². The normalized spacial score (nSPS) is 11.1. The van der Waals surface area contributed by atoms with Crippen molar-refractivity contribution in [2.75, 3.05) is 4.90 Å². The van der Waals surface area contributed by atoms with Gasteiger partial charge < -0.3 is 4.90 Å². The van der Waals surface area contributed by atoms with Crippen molar-refractivity contribution in [1.29, 1.82) is 5.26 Å². The second-order valence-electron chi connectivity index (χ2n) is 6.34. The Bertz CT molecular complexity index is 1120. The Kier molecular flexibility index (Phi) is 5.55. The molecule has 0 atom stereocenters. The molecule has 0 saturated heterocycles. The van der Waals surface area contributed by atoms with Crippen LogP contribution in [-0.2, 0) is 0 Å². The summed E-state index contributed by atoms with van der Waals surface area (Å²) in [5.41, 5.74) is 4.59. The van der Waals surface area contributed by atoms with Gasteiger partial charge in [-0.1, -0.05) is 48.5 Å². The van der Waals surface area contributed by atoms with Crippen LogP contribution in [0, 0.1) is 11.3 Å². The molecular formula is C24H17BrN4. The summed E-state index contributed by atoms with van der Waals surface area (Å²) in [6, 6.07) is 30.8. The van der Waals surface area contributed by atoms with Gasteiger partial charge in [0.05, 0.1) is 10.7 Å². The zero-order valence-electron chi connectivity index (χ0n) is 15.5. The third kappa shape index (κ3) is 4.29. The third-order valence-corrected chi connectivity index (χ3v) is 4.81. The van der Waals surface area contributed by atoms with Crippen molar-refractivity contribution >= 4 is 44.8 Å². The Balaban J connectivity index is 1.70. The predicted molar refractivity (Wildman–Crippen MR) is 121 cm³/mol. The summed E-state index contributed by atoms with van der Waals surface area (Å²) in [7, 11) is 0. The highest BCUT2D eigenvalue weighted by molar-refractivity contribution is 9.10. The predicted octanol–water partition coefficient (Wildman–Crippen LogP) is 6.64. The van der Waals surface area contributed by atoms with Crippen LogP contribution < -0.4 is 4.90 Å². The Morgan fingerprint density at radius 2 is 1.41 bits per heavy atom. The molecule has 0 fully saturated rings. The number of allylic oxidation sites excluding steroid dienone is 1. The summed E-state index contributed by atoms with van der Waals surface area (Å²) in [6.07, 6.45) is 5.24. The molecule has 4 nitrogen and oxygen atoms in total. The zero-order valence-corrected chi connectivity index (χ0v) is 17.1. The fourth-order valence-corrected chi connectivity index (χ4v) is 3.35. The number of anilines is 3. The molecule has 1 heterocycles. The average molecular weight is 441 g/mol. The second kappa shape index (κ2) is 8.59. The standard InChI is InChI=1S/C24H17BrN4/c25-20-17-27-28(18-20)24(16-26)15-19-11-13-23(14-12-19)29(21-7-3-1-4-8-21)22-9-5-2-6-10-22/h1-15,17-18H/b24-15+. The van der Waals surface area contributed by atoms with Gasteiger partial charge in [-0.3, -0.25) is 0 Å². The van der Waals surface area contributed by atoms with Crippen LogP contribution in [0.25, 0.3) is 11.8 Å². The van der Waals surface area contributed by atoms with Crippen molar-refractivity contribution in [2.45, 2.75) is 0 Å². The first-order valence-corrected chi connectivity index (χ1v) is 9.86. The lowest BCUT2D eigenvalue weighted by Crippen LogP contribution is -2.09. The summed E-state index contributed by atoms with van der Waals surface area (Å²) in [5, 5.41) is 13.7. The first-order chi connectivity index (χ1) is 14.2. The molecule has 0 N–H and O–H groups in total. The highest BCUT2D eigenvalue weighted by Gasteiger charge is 2.11. The van der Waals surface area contributed by atoms with E-state index < -0.39 is 0 Å². The minimum Gasteiger partial charge on any atom is -0.311 e. The number of hydrogen-bond acceptors (Lipinski definition) is 3. The maximum Gasteiger partial charge on any atom is 0.142 e. The number of aromatic nitrogens is 2. The fraction of sp³-hybridized carbons (Fsp3) is 0. The second-order valence-corrected chi connectivity index (χ2v) is 7.26. The molecule has 4 rings (SSSR count). The number of benzene rings is 3. The summed E-state index contributed by atoms with van der Waals surface area (Å²) in [6.45, 7) is 0. The van der Waals surface area contributed by atoms with Crippen molar-refractivity contribution in [2.24, 2.45) is 0 Å². The van der Waals surface area contributed by atoms with Crippen molar-refractivity contribution in [3.63, 3.8) is 0 Å². The van der Waals surface area contributed by atoms with E-state index in [0.717, 1.165) is 27.1 Å². The van der Waals surface area contributed by atoms with E-state index in [1.807, 2.05) is 54.6 Å². The molecule has 29 heavy (non-hydrogen) atoms. The van der Waals surface area contributed by atoms with Gasteiger partial charge in [-0.2, -0.15) is 10.4 Å². The van der Waals surface area contributed by atoms with Crippen LogP contribution in [0.2, 0.25) is 0 Å². The van der Waals surface area contributed by atoms with E-state index >= 15 is 0 Å². The molecule has 0 amide bonds. The third-order valence-electron chi connectivity index (χ3n) is 4.40. The molecule has 140 valence electrons. The quantitative estimate of drug-likeness (QED) is 0.326. The van der Waals surface area contributed by atoms with E-state index in [0.29, 0.717) is 5.70 Å². The summed E-state index contributed by atoms with van der Waals surface area (Å²) in [4.78, 5) is 2.20. The number of nitriles is 1. The summed E-state index contributed by atoms with van der Waals surface area (Å²) in [5.74, 6) is 0. The molecule has 4 aromatic rings. The molecule has 0 radical (unpaired) electrons. The molecule has 0 aliphatic rings. The number of halogens is 1. The topological polar surface area (TPSA) is 44.9 Å². The summed E-state index contributed by atoms with van der Waals surface area (Å²) >= 11 is 3.36. The Labute approximate surface area is 178 Å². The monoisotopic (exact) mass is 440 g/mol. The summed E-state index contributed by atoms with van der Waals surface area (Å²) < 4.78 is 2.38. The number of nitrogens with zero attached hydrogens (tertiary/aromatic N) is 4. The van der Waals surface area contributed by atoms with Crippen LogP contribution in [0.15, 0.2) is 102 Å². The van der Waals surface area contributed by atoms with E-state index in [9.17, 15) is 5.26 Å². The molecule has 0 spiro atoms. The van der Waals surface area contributed by atoms with Crippen LogP contribution in [0.3, 0.4) is 0 Å². The van der Waals surface area contributed by atoms with Gasteiger partial charge in [0.2, 0.25) is 0 Å². The van der Waals surface area contributed by atoms with Gasteiger partial charge in [0.1, 0.15) is 11.8 Å². The molecule has 0 aliphatic heterocycles. The molecule has 0 unspecified atom stereocenters. The molecule has 0 bridgehead atoms. The molecular weight excluding hydrogens is 424 g/mol. The molecule has 0 aliphatic carbocycles. The Morgan fingerprint density at radius 3 is 1.90 bits per heavy atom. The van der Waals surface area contributed by atoms with Gasteiger partial charge in [-0.15, -0.1) is 0 Å². The van der Waals surface area contributed by atoms with Crippen molar-refractivity contribution in [1.82, 2.24) is 9.78 Å². The van der Waals surface area contributed by atoms with Crippen molar-refractivity contribution in [3.05, 3.63) is 107 Å². The minimum absolute atomic E-state index is 0.450. The first-order valence-electron chi connectivity index (χ1n) is 9.07. The minimum atomic E-state index is 0.450. The zero-order chi connectivity index (χ0) is 20.1. The molecule has 3 aromatic carbocycles. The van der Waals surface area contributed by atoms with Gasteiger partial charge in [0, 0.05) is 23.3 Å². The lowest BCUT2D eigenvalue weighted by Gasteiger charge is -2.25. The number of hydrogen-bond donors (Lipinski definition) is 0. The maximum absolute atomic E-state index is 9.49. The molecule has 1 aromatic heterocycles. The largest absolute Gasteiger partial charge is 0.311 e. The number of rotatable bonds is 5. The first kappa shape index (κ1) is 18.7. The highest BCUT2D eigenvalue weighted by Crippen LogP contribution is 2.34. The number of para-hydroxylation sites is 2. The van der Waals surface area contributed by atoms with Gasteiger partial charge in [0.15, 0.2) is 0 Å². The Hall–Kier alpha value is -3.62. The molecule has 0 saturated carbocycles. The average Bonchev–Trinajstić information content (AvgIpc) is 3.21. The van der Waals surface area contributed by atoms with Gasteiger partial charge in [0.25, 0.3) is 0 Å². The lowest BCUT2D eigenvalue weighted by molar-refractivity contribution is 0.916. The van der Waals surface area contributed by atoms with Crippen LogP contribution in [0.4, 0.5) is 17.1 Å². The van der Waals surface area contributed by atoms with Crippen molar-refractivity contribution < 1.29 is 0 Å². The van der Waals surface area contributed by atoms with Crippen LogP contribution >= 0.6 is 15.9 Å². The lowest BCUT2D eigenvalue weighted by atomic mass is 10.1. The maximum atomic E-state index is 9.49. The Morgan fingerprint density at radius 1 is 0.862 bits per heavy atom. The van der Waals surface area contributed by atoms with Crippen LogP contribution in [0.5, 0.6) is 0 Å². The van der Waals surface area contributed by atoms with Gasteiger partial charge in [-0.25, -0.2) is 4.68 Å². The van der Waals surface area contributed by atoms with E-state index in [-0.39, 0.29) is 0 Å². The highest BCUT2D eigenvalue weighted by atomic mass is 79.9. The van der Waals surface area contributed by atoms with Gasteiger partial charge >= 0.3 is 0 Å². The van der Waals surface area contributed by atoms with Gasteiger partial charge in [-0.05, 0) is 64.0 Å². The fourth-order valence-electron chi connectivity index (χ4n) is 3.06. The van der Waals surface area contributed by atoms with E-state index in [1.54, 1.807) is 17.1 Å².